The van der Waals surface area contributed by atoms with Gasteiger partial charge in [0.2, 0.25) is 5.91 Å². The number of amides is 1. The van der Waals surface area contributed by atoms with Crippen LogP contribution in [-0.2, 0) is 19.4 Å². The van der Waals surface area contributed by atoms with E-state index in [1.807, 2.05) is 0 Å². The summed E-state index contributed by atoms with van der Waals surface area (Å²) in [5.74, 6) is 0.250. The minimum atomic E-state index is -3.63. The van der Waals surface area contributed by atoms with Gasteiger partial charge in [0.15, 0.2) is 15.7 Å². The maximum absolute atomic E-state index is 13.2. The molecule has 0 radical (unpaired) electrons. The van der Waals surface area contributed by atoms with E-state index >= 15 is 0 Å². The Balaban J connectivity index is 1.65. The molecule has 1 atom stereocenters. The Hall–Kier alpha value is -3.12. The van der Waals surface area contributed by atoms with Crippen molar-refractivity contribution >= 4 is 39.4 Å². The lowest BCUT2D eigenvalue weighted by Crippen LogP contribution is -2.38. The van der Waals surface area contributed by atoms with Gasteiger partial charge in [-0.25, -0.2) is 18.4 Å². The van der Waals surface area contributed by atoms with Gasteiger partial charge in [0.25, 0.3) is 0 Å². The molecule has 2 aromatic heterocycles. The van der Waals surface area contributed by atoms with Crippen LogP contribution in [-0.4, -0.2) is 60.0 Å². The molecular formula is C21H27N7O4S. The largest absolute Gasteiger partial charge is 0.384 e. The number of aromatic nitrogens is 3. The van der Waals surface area contributed by atoms with Gasteiger partial charge in [0, 0.05) is 31.8 Å². The SMILES string of the molecule is N=Cc1c(S(=O)(=O)C2CC2)cc(N)nc1NC(CC1CCOCC1)C(=O)Nc1cnccn1. The first-order valence-electron chi connectivity index (χ1n) is 10.8. The van der Waals surface area contributed by atoms with E-state index in [0.717, 1.165) is 19.1 Å². The van der Waals surface area contributed by atoms with Crippen LogP contribution >= 0.6 is 0 Å². The third kappa shape index (κ3) is 5.45. The second-order valence-electron chi connectivity index (χ2n) is 8.26. The zero-order valence-electron chi connectivity index (χ0n) is 18.0. The number of sulfone groups is 1. The van der Waals surface area contributed by atoms with E-state index in [9.17, 15) is 13.2 Å². The van der Waals surface area contributed by atoms with E-state index < -0.39 is 21.1 Å². The Morgan fingerprint density at radius 3 is 2.67 bits per heavy atom. The normalized spacial score (nSPS) is 17.8. The van der Waals surface area contributed by atoms with Gasteiger partial charge >= 0.3 is 0 Å². The number of pyridine rings is 1. The number of rotatable bonds is 9. The maximum atomic E-state index is 13.2. The topological polar surface area (TPSA) is 173 Å². The van der Waals surface area contributed by atoms with Crippen molar-refractivity contribution in [2.24, 2.45) is 5.92 Å². The number of anilines is 3. The number of nitrogen functional groups attached to an aromatic ring is 1. The predicted molar refractivity (Wildman–Crippen MR) is 123 cm³/mol. The molecule has 11 nitrogen and oxygen atoms in total. The number of ether oxygens (including phenoxy) is 1. The molecule has 1 aliphatic heterocycles. The summed E-state index contributed by atoms with van der Waals surface area (Å²) in [5.41, 5.74) is 6.03. The van der Waals surface area contributed by atoms with Crippen molar-refractivity contribution in [3.8, 4) is 0 Å². The van der Waals surface area contributed by atoms with Crippen LogP contribution in [0.3, 0.4) is 0 Å². The van der Waals surface area contributed by atoms with Crippen LogP contribution in [0.1, 0.15) is 37.7 Å². The molecule has 5 N–H and O–H groups in total. The summed E-state index contributed by atoms with van der Waals surface area (Å²) in [7, 11) is -3.63. The second-order valence-corrected chi connectivity index (χ2v) is 10.5. The van der Waals surface area contributed by atoms with Crippen LogP contribution in [0.4, 0.5) is 17.5 Å². The Bertz CT molecular complexity index is 1120. The van der Waals surface area contributed by atoms with Gasteiger partial charge < -0.3 is 26.5 Å². The summed E-state index contributed by atoms with van der Waals surface area (Å²) in [5, 5.41) is 13.2. The van der Waals surface area contributed by atoms with E-state index in [0.29, 0.717) is 38.3 Å². The molecule has 1 aliphatic carbocycles. The number of nitrogens with one attached hydrogen (secondary N) is 3. The Morgan fingerprint density at radius 1 is 1.27 bits per heavy atom. The van der Waals surface area contributed by atoms with Crippen LogP contribution in [0.2, 0.25) is 0 Å². The summed E-state index contributed by atoms with van der Waals surface area (Å²) < 4.78 is 31.3. The molecule has 2 aromatic rings. The summed E-state index contributed by atoms with van der Waals surface area (Å²) in [6, 6.07) is 0.520. The van der Waals surface area contributed by atoms with Gasteiger partial charge in [-0.15, -0.1) is 0 Å². The molecule has 33 heavy (non-hydrogen) atoms. The number of hydrogen-bond acceptors (Lipinski definition) is 10. The van der Waals surface area contributed by atoms with Crippen LogP contribution in [0.5, 0.6) is 0 Å². The van der Waals surface area contributed by atoms with Crippen molar-refractivity contribution in [2.45, 2.75) is 48.3 Å². The lowest BCUT2D eigenvalue weighted by molar-refractivity contribution is -0.117. The Kier molecular flexibility index (Phi) is 6.84. The molecule has 4 rings (SSSR count). The highest BCUT2D eigenvalue weighted by molar-refractivity contribution is 7.92. The number of carbonyl (C=O) groups excluding carboxylic acids is 1. The third-order valence-electron chi connectivity index (χ3n) is 5.81. The van der Waals surface area contributed by atoms with Gasteiger partial charge in [-0.05, 0) is 44.1 Å². The molecule has 1 saturated heterocycles. The number of carbonyl (C=O) groups is 1. The highest BCUT2D eigenvalue weighted by atomic mass is 32.2. The minimum Gasteiger partial charge on any atom is -0.384 e. The first-order chi connectivity index (χ1) is 15.9. The first-order valence-corrected chi connectivity index (χ1v) is 12.4. The summed E-state index contributed by atoms with van der Waals surface area (Å²) >= 11 is 0. The quantitative estimate of drug-likeness (QED) is 0.395. The van der Waals surface area contributed by atoms with Crippen molar-refractivity contribution in [1.82, 2.24) is 15.0 Å². The standard InChI is InChI=1S/C21H27N7O4S/c22-11-15-17(33(30,31)14-1-2-14)10-18(23)27-20(15)26-16(9-13-3-7-32-8-4-13)21(29)28-19-12-24-5-6-25-19/h5-6,10-14,16,22H,1-4,7-9H2,(H3,23,26,27)(H,25,28,29). The summed E-state index contributed by atoms with van der Waals surface area (Å²) in [4.78, 5) is 25.4. The van der Waals surface area contributed by atoms with E-state index in [1.165, 1.54) is 24.7 Å². The fourth-order valence-corrected chi connectivity index (χ4v) is 5.75. The second kappa shape index (κ2) is 9.79. The molecule has 1 unspecified atom stereocenters. The molecule has 176 valence electrons. The van der Waals surface area contributed by atoms with Crippen molar-refractivity contribution in [2.75, 3.05) is 29.6 Å². The van der Waals surface area contributed by atoms with Crippen molar-refractivity contribution in [3.63, 3.8) is 0 Å². The Labute approximate surface area is 192 Å². The molecule has 2 fully saturated rings. The van der Waals surface area contributed by atoms with Crippen LogP contribution in [0.15, 0.2) is 29.6 Å². The molecular weight excluding hydrogens is 446 g/mol. The van der Waals surface area contributed by atoms with Gasteiger partial charge in [-0.1, -0.05) is 0 Å². The Morgan fingerprint density at radius 2 is 2.03 bits per heavy atom. The highest BCUT2D eigenvalue weighted by Gasteiger charge is 2.39. The number of hydrogen-bond donors (Lipinski definition) is 4. The smallest absolute Gasteiger partial charge is 0.248 e. The molecule has 2 aliphatic rings. The predicted octanol–water partition coefficient (Wildman–Crippen LogP) is 1.62. The first kappa shape index (κ1) is 23.1. The van der Waals surface area contributed by atoms with Gasteiger partial charge in [0.05, 0.1) is 21.9 Å². The zero-order chi connectivity index (χ0) is 23.4. The van der Waals surface area contributed by atoms with Crippen LogP contribution in [0, 0.1) is 11.3 Å². The van der Waals surface area contributed by atoms with Gasteiger partial charge in [-0.3, -0.25) is 9.78 Å². The fourth-order valence-electron chi connectivity index (χ4n) is 3.88. The highest BCUT2D eigenvalue weighted by Crippen LogP contribution is 2.37. The lowest BCUT2D eigenvalue weighted by atomic mass is 9.92. The molecule has 12 heteroatoms. The van der Waals surface area contributed by atoms with Crippen molar-refractivity contribution < 1.29 is 17.9 Å². The molecule has 1 saturated carbocycles. The van der Waals surface area contributed by atoms with E-state index in [4.69, 9.17) is 15.9 Å². The van der Waals surface area contributed by atoms with E-state index in [1.54, 1.807) is 0 Å². The third-order valence-corrected chi connectivity index (χ3v) is 8.11. The monoisotopic (exact) mass is 473 g/mol. The molecule has 3 heterocycles. The fraction of sp³-hybridized carbons (Fsp3) is 0.476. The average Bonchev–Trinajstić information content (AvgIpc) is 3.66. The number of nitrogens with zero attached hydrogens (tertiary/aromatic N) is 3. The van der Waals surface area contributed by atoms with Crippen molar-refractivity contribution in [1.29, 1.82) is 5.41 Å². The summed E-state index contributed by atoms with van der Waals surface area (Å²) in [6.07, 6.45) is 8.59. The zero-order valence-corrected chi connectivity index (χ0v) is 18.8. The van der Waals surface area contributed by atoms with Crippen LogP contribution in [0.25, 0.3) is 0 Å². The molecule has 1 amide bonds. The lowest BCUT2D eigenvalue weighted by Gasteiger charge is -2.27. The number of nitrogens with two attached hydrogens (primary N) is 1. The molecule has 0 bridgehead atoms. The molecule has 0 aromatic carbocycles. The van der Waals surface area contributed by atoms with Gasteiger partial charge in [0.1, 0.15) is 17.7 Å². The van der Waals surface area contributed by atoms with Crippen molar-refractivity contribution in [3.05, 3.63) is 30.2 Å². The maximum Gasteiger partial charge on any atom is 0.248 e. The average molecular weight is 474 g/mol. The van der Waals surface area contributed by atoms with Crippen LogP contribution < -0.4 is 16.4 Å². The van der Waals surface area contributed by atoms with E-state index in [2.05, 4.69) is 25.6 Å². The molecule has 0 spiro atoms. The van der Waals surface area contributed by atoms with Gasteiger partial charge in [-0.2, -0.15) is 0 Å². The minimum absolute atomic E-state index is 0.00137. The summed E-state index contributed by atoms with van der Waals surface area (Å²) in [6.45, 7) is 1.24. The van der Waals surface area contributed by atoms with E-state index in [-0.39, 0.29) is 33.9 Å².